The maximum atomic E-state index is 11.3. The first-order valence-corrected chi connectivity index (χ1v) is 7.40. The van der Waals surface area contributed by atoms with Crippen LogP contribution in [0.5, 0.6) is 5.75 Å². The fraction of sp³-hybridized carbons (Fsp3) is 0.462. The number of rotatable bonds is 5. The lowest BCUT2D eigenvalue weighted by molar-refractivity contribution is -0.118. The van der Waals surface area contributed by atoms with E-state index >= 15 is 0 Å². The van der Waals surface area contributed by atoms with Crippen LogP contribution in [-0.2, 0) is 14.8 Å². The van der Waals surface area contributed by atoms with E-state index < -0.39 is 13.2 Å². The lowest BCUT2D eigenvalue weighted by Crippen LogP contribution is -2.22. The molecule has 0 bridgehead atoms. The van der Waals surface area contributed by atoms with Crippen LogP contribution in [0.15, 0.2) is 18.2 Å². The second kappa shape index (κ2) is 5.45. The van der Waals surface area contributed by atoms with Gasteiger partial charge in [-0.25, -0.2) is 4.57 Å². The Hall–Kier alpha value is -1.16. The van der Waals surface area contributed by atoms with E-state index in [-0.39, 0.29) is 18.0 Å². The van der Waals surface area contributed by atoms with E-state index in [2.05, 4.69) is 0 Å². The van der Waals surface area contributed by atoms with Gasteiger partial charge in [0.15, 0.2) is 0 Å². The molecular weight excluding hydrogens is 267 g/mol. The first kappa shape index (κ1) is 15.9. The van der Waals surface area contributed by atoms with Gasteiger partial charge in [0.2, 0.25) is 0 Å². The molecule has 0 saturated carbocycles. The first-order valence-electron chi connectivity index (χ1n) is 5.87. The van der Waals surface area contributed by atoms with Crippen molar-refractivity contribution in [3.63, 3.8) is 0 Å². The Morgan fingerprint density at radius 2 is 1.95 bits per heavy atom. The molecule has 0 fully saturated rings. The fourth-order valence-electron chi connectivity index (χ4n) is 2.42. The number of carbonyl (C=O) groups is 1. The van der Waals surface area contributed by atoms with E-state index in [9.17, 15) is 9.36 Å². The van der Waals surface area contributed by atoms with Crippen LogP contribution >= 0.6 is 7.82 Å². The number of benzene rings is 1. The Morgan fingerprint density at radius 1 is 1.37 bits per heavy atom. The summed E-state index contributed by atoms with van der Waals surface area (Å²) < 4.78 is 15.8. The van der Waals surface area contributed by atoms with Crippen molar-refractivity contribution >= 4 is 13.6 Å². The number of hydrogen-bond acceptors (Lipinski definition) is 3. The summed E-state index contributed by atoms with van der Waals surface area (Å²) in [4.78, 5) is 29.3. The second-order valence-electron chi connectivity index (χ2n) is 5.29. The molecule has 0 spiro atoms. The van der Waals surface area contributed by atoms with E-state index in [0.29, 0.717) is 5.56 Å². The number of ketones is 1. The van der Waals surface area contributed by atoms with Gasteiger partial charge in [-0.15, -0.1) is 0 Å². The normalized spacial score (nSPS) is 12.3. The molecule has 0 saturated heterocycles. The van der Waals surface area contributed by atoms with Crippen molar-refractivity contribution in [2.45, 2.75) is 39.5 Å². The van der Waals surface area contributed by atoms with Gasteiger partial charge in [-0.1, -0.05) is 26.0 Å². The van der Waals surface area contributed by atoms with Crippen LogP contribution in [0, 0.1) is 6.92 Å². The third-order valence-corrected chi connectivity index (χ3v) is 3.25. The molecule has 6 heteroatoms. The maximum Gasteiger partial charge on any atom is 0.524 e. The number of carbonyl (C=O) groups excluding carboxylic acids is 1. The minimum absolute atomic E-state index is 0.00961. The van der Waals surface area contributed by atoms with Gasteiger partial charge in [0.25, 0.3) is 0 Å². The molecule has 0 amide bonds. The smallest absolute Gasteiger partial charge is 0.404 e. The van der Waals surface area contributed by atoms with Crippen LogP contribution in [0.1, 0.15) is 38.3 Å². The van der Waals surface area contributed by atoms with Gasteiger partial charge in [-0.05, 0) is 25.5 Å². The minimum atomic E-state index is -4.62. The van der Waals surface area contributed by atoms with E-state index in [1.54, 1.807) is 6.07 Å². The molecule has 0 radical (unpaired) electrons. The average Bonchev–Trinajstić information content (AvgIpc) is 2.11. The third-order valence-electron chi connectivity index (χ3n) is 2.82. The van der Waals surface area contributed by atoms with E-state index in [4.69, 9.17) is 14.3 Å². The van der Waals surface area contributed by atoms with Gasteiger partial charge < -0.3 is 4.52 Å². The quantitative estimate of drug-likeness (QED) is 0.813. The highest BCUT2D eigenvalue weighted by molar-refractivity contribution is 7.46. The SMILES string of the molecule is CC(=O)CC(C)(C)c1c(C)cccc1OP(=O)(O)O. The Morgan fingerprint density at radius 3 is 2.42 bits per heavy atom. The molecule has 5 nitrogen and oxygen atoms in total. The Kier molecular flexibility index (Phi) is 4.56. The largest absolute Gasteiger partial charge is 0.524 e. The van der Waals surface area contributed by atoms with E-state index in [1.807, 2.05) is 26.8 Å². The topological polar surface area (TPSA) is 83.8 Å². The van der Waals surface area contributed by atoms with Gasteiger partial charge in [-0.3, -0.25) is 14.6 Å². The zero-order chi connectivity index (χ0) is 14.8. The number of aryl methyl sites for hydroxylation is 1. The molecule has 0 aliphatic heterocycles. The maximum absolute atomic E-state index is 11.3. The number of phosphoric ester groups is 1. The number of hydrogen-bond donors (Lipinski definition) is 2. The summed E-state index contributed by atoms with van der Waals surface area (Å²) in [6.45, 7) is 7.01. The van der Waals surface area contributed by atoms with Crippen molar-refractivity contribution in [2.24, 2.45) is 0 Å². The highest BCUT2D eigenvalue weighted by Crippen LogP contribution is 2.44. The zero-order valence-electron chi connectivity index (χ0n) is 11.5. The minimum Gasteiger partial charge on any atom is -0.404 e. The molecule has 0 unspecified atom stereocenters. The Labute approximate surface area is 112 Å². The van der Waals surface area contributed by atoms with Crippen LogP contribution in [0.25, 0.3) is 0 Å². The van der Waals surface area contributed by atoms with Crippen LogP contribution in [-0.4, -0.2) is 15.6 Å². The molecule has 1 aromatic rings. The average molecular weight is 286 g/mol. The van der Waals surface area contributed by atoms with Crippen LogP contribution in [0.4, 0.5) is 0 Å². The van der Waals surface area contributed by atoms with Crippen molar-refractivity contribution in [2.75, 3.05) is 0 Å². The van der Waals surface area contributed by atoms with Crippen molar-refractivity contribution in [3.05, 3.63) is 29.3 Å². The molecule has 0 aliphatic carbocycles. The zero-order valence-corrected chi connectivity index (χ0v) is 12.4. The van der Waals surface area contributed by atoms with Gasteiger partial charge in [0, 0.05) is 17.4 Å². The molecule has 19 heavy (non-hydrogen) atoms. The Balaban J connectivity index is 3.32. The predicted octanol–water partition coefficient (Wildman–Crippen LogP) is 2.72. The molecular formula is C13H19O5P. The van der Waals surface area contributed by atoms with Crippen molar-refractivity contribution in [1.82, 2.24) is 0 Å². The molecule has 1 rings (SSSR count). The van der Waals surface area contributed by atoms with Crippen molar-refractivity contribution < 1.29 is 23.7 Å². The molecule has 0 atom stereocenters. The highest BCUT2D eigenvalue weighted by atomic mass is 31.2. The summed E-state index contributed by atoms with van der Waals surface area (Å²) in [5.41, 5.74) is 0.924. The van der Waals surface area contributed by atoms with Gasteiger partial charge in [0.05, 0.1) is 0 Å². The molecule has 1 aromatic carbocycles. The van der Waals surface area contributed by atoms with Crippen molar-refractivity contribution in [1.29, 1.82) is 0 Å². The molecule has 0 heterocycles. The Bertz CT molecular complexity index is 530. The van der Waals surface area contributed by atoms with Crippen molar-refractivity contribution in [3.8, 4) is 5.75 Å². The first-order chi connectivity index (χ1) is 8.53. The third kappa shape index (κ3) is 4.46. The van der Waals surface area contributed by atoms with Gasteiger partial charge in [0.1, 0.15) is 11.5 Å². The molecule has 106 valence electrons. The monoisotopic (exact) mass is 286 g/mol. The predicted molar refractivity (Wildman–Crippen MR) is 72.2 cm³/mol. The lowest BCUT2D eigenvalue weighted by atomic mass is 9.78. The fourth-order valence-corrected chi connectivity index (χ4v) is 2.83. The van der Waals surface area contributed by atoms with Gasteiger partial charge in [-0.2, -0.15) is 0 Å². The standard InChI is InChI=1S/C13H19O5P/c1-9-6-5-7-11(18-19(15,16)17)12(9)13(3,4)8-10(2)14/h5-7H,8H2,1-4H3,(H2,15,16,17). The summed E-state index contributed by atoms with van der Waals surface area (Å²) in [7, 11) is -4.62. The van der Waals surface area contributed by atoms with E-state index in [1.165, 1.54) is 13.0 Å². The summed E-state index contributed by atoms with van der Waals surface area (Å²) in [6, 6.07) is 4.99. The van der Waals surface area contributed by atoms with Crippen LogP contribution < -0.4 is 4.52 Å². The summed E-state index contributed by atoms with van der Waals surface area (Å²) in [5, 5.41) is 0. The molecule has 2 N–H and O–H groups in total. The molecule has 0 aliphatic rings. The summed E-state index contributed by atoms with van der Waals surface area (Å²) in [5.74, 6) is 0.134. The summed E-state index contributed by atoms with van der Waals surface area (Å²) >= 11 is 0. The lowest BCUT2D eigenvalue weighted by Gasteiger charge is -2.28. The highest BCUT2D eigenvalue weighted by Gasteiger charge is 2.30. The van der Waals surface area contributed by atoms with E-state index in [0.717, 1.165) is 5.56 Å². The molecule has 0 aromatic heterocycles. The number of Topliss-reactive ketones (excluding diaryl/α,β-unsaturated/α-hetero) is 1. The van der Waals surface area contributed by atoms with Crippen LogP contribution in [0.2, 0.25) is 0 Å². The number of phosphoric acid groups is 1. The summed E-state index contributed by atoms with van der Waals surface area (Å²) in [6.07, 6.45) is 0.273. The second-order valence-corrected chi connectivity index (χ2v) is 6.46. The van der Waals surface area contributed by atoms with Crippen LogP contribution in [0.3, 0.4) is 0 Å². The van der Waals surface area contributed by atoms with Gasteiger partial charge >= 0.3 is 7.82 Å².